The van der Waals surface area contributed by atoms with E-state index in [-0.39, 0.29) is 5.41 Å². The van der Waals surface area contributed by atoms with Gasteiger partial charge < -0.3 is 0 Å². The van der Waals surface area contributed by atoms with Gasteiger partial charge >= 0.3 is 0 Å². The van der Waals surface area contributed by atoms with E-state index in [9.17, 15) is 4.79 Å². The third kappa shape index (κ3) is 0.961. The first-order chi connectivity index (χ1) is 5.77. The van der Waals surface area contributed by atoms with Gasteiger partial charge in [0.15, 0.2) is 5.78 Å². The van der Waals surface area contributed by atoms with Gasteiger partial charge in [-0.2, -0.15) is 0 Å². The van der Waals surface area contributed by atoms with E-state index in [0.29, 0.717) is 11.7 Å². The molecule has 0 amide bonds. The van der Waals surface area contributed by atoms with Crippen LogP contribution in [0.5, 0.6) is 0 Å². The summed E-state index contributed by atoms with van der Waals surface area (Å²) in [6.07, 6.45) is 11.2. The lowest BCUT2D eigenvalue weighted by Crippen LogP contribution is -2.22. The summed E-state index contributed by atoms with van der Waals surface area (Å²) in [5.74, 6) is 1.00. The normalized spacial score (nSPS) is 38.2. The van der Waals surface area contributed by atoms with E-state index in [1.165, 1.54) is 6.42 Å². The van der Waals surface area contributed by atoms with Crippen LogP contribution in [0.15, 0.2) is 24.3 Å². The molecule has 0 heterocycles. The molecule has 2 unspecified atom stereocenters. The summed E-state index contributed by atoms with van der Waals surface area (Å²) in [4.78, 5) is 11.7. The summed E-state index contributed by atoms with van der Waals surface area (Å²) < 4.78 is 0. The molecule has 1 heteroatoms. The minimum atomic E-state index is -0.0861. The number of ketones is 1. The Bertz CT molecular complexity index is 262. The molecule has 0 saturated heterocycles. The Balaban J connectivity index is 2.22. The van der Waals surface area contributed by atoms with Gasteiger partial charge in [-0.1, -0.05) is 18.2 Å². The zero-order chi connectivity index (χ0) is 8.60. The summed E-state index contributed by atoms with van der Waals surface area (Å²) in [5.41, 5.74) is -0.0861. The lowest BCUT2D eigenvalue weighted by Gasteiger charge is -2.18. The van der Waals surface area contributed by atoms with Crippen molar-refractivity contribution in [1.82, 2.24) is 0 Å². The van der Waals surface area contributed by atoms with Crippen LogP contribution in [-0.4, -0.2) is 5.78 Å². The quantitative estimate of drug-likeness (QED) is 0.450. The highest BCUT2D eigenvalue weighted by Crippen LogP contribution is 2.49. The minimum Gasteiger partial charge on any atom is -0.294 e. The van der Waals surface area contributed by atoms with Crippen LogP contribution in [-0.2, 0) is 4.79 Å². The first-order valence-corrected chi connectivity index (χ1v) is 4.63. The Morgan fingerprint density at radius 2 is 2.50 bits per heavy atom. The molecule has 12 heavy (non-hydrogen) atoms. The highest BCUT2D eigenvalue weighted by atomic mass is 16.1. The van der Waals surface area contributed by atoms with Crippen molar-refractivity contribution in [3.63, 3.8) is 0 Å². The van der Waals surface area contributed by atoms with E-state index >= 15 is 0 Å². The fourth-order valence-electron chi connectivity index (χ4n) is 2.37. The van der Waals surface area contributed by atoms with Crippen molar-refractivity contribution < 1.29 is 4.79 Å². The van der Waals surface area contributed by atoms with Gasteiger partial charge in [-0.15, -0.1) is 0 Å². The Labute approximate surface area is 73.2 Å². The second kappa shape index (κ2) is 2.58. The van der Waals surface area contributed by atoms with E-state index in [2.05, 4.69) is 12.2 Å². The molecule has 64 valence electrons. The Kier molecular flexibility index (Phi) is 1.67. The first-order valence-electron chi connectivity index (χ1n) is 4.63. The molecule has 2 bridgehead atoms. The van der Waals surface area contributed by atoms with Crippen molar-refractivity contribution in [2.75, 3.05) is 0 Å². The molecule has 2 rings (SSSR count). The monoisotopic (exact) mass is 162 g/mol. The summed E-state index contributed by atoms with van der Waals surface area (Å²) in [6, 6.07) is 0. The molecular weight excluding hydrogens is 148 g/mol. The standard InChI is InChI=1S/C11H14O/c1-2-3-10(12)11-6-4-9(8-11)5-7-11/h2-4,6,9H,5,7-8H2,1H3/b3-2+. The van der Waals surface area contributed by atoms with Crippen molar-refractivity contribution in [2.24, 2.45) is 11.3 Å². The van der Waals surface area contributed by atoms with Gasteiger partial charge in [-0.3, -0.25) is 4.79 Å². The number of rotatable bonds is 2. The fourth-order valence-corrected chi connectivity index (χ4v) is 2.37. The average molecular weight is 162 g/mol. The SMILES string of the molecule is C/C=C/C(=O)C12C=CC(CC1)C2. The average Bonchev–Trinajstić information content (AvgIpc) is 2.64. The van der Waals surface area contributed by atoms with Crippen molar-refractivity contribution in [3.05, 3.63) is 24.3 Å². The predicted octanol–water partition coefficient (Wildman–Crippen LogP) is 2.49. The van der Waals surface area contributed by atoms with E-state index in [1.807, 2.05) is 13.0 Å². The van der Waals surface area contributed by atoms with E-state index < -0.39 is 0 Å². The Morgan fingerprint density at radius 1 is 1.67 bits per heavy atom. The lowest BCUT2D eigenvalue weighted by molar-refractivity contribution is -0.121. The van der Waals surface area contributed by atoms with Crippen molar-refractivity contribution in [3.8, 4) is 0 Å². The molecular formula is C11H14O. The molecule has 1 nitrogen and oxygen atoms in total. The molecule has 1 fully saturated rings. The van der Waals surface area contributed by atoms with Crippen LogP contribution >= 0.6 is 0 Å². The number of hydrogen-bond acceptors (Lipinski definition) is 1. The van der Waals surface area contributed by atoms with Crippen LogP contribution in [0.25, 0.3) is 0 Å². The van der Waals surface area contributed by atoms with Crippen LogP contribution in [0.4, 0.5) is 0 Å². The molecule has 2 atom stereocenters. The van der Waals surface area contributed by atoms with Gasteiger partial charge in [-0.05, 0) is 38.2 Å². The maximum absolute atomic E-state index is 11.7. The summed E-state index contributed by atoms with van der Waals surface area (Å²) in [7, 11) is 0. The zero-order valence-electron chi connectivity index (χ0n) is 7.42. The molecule has 0 aromatic heterocycles. The van der Waals surface area contributed by atoms with Crippen LogP contribution in [0.2, 0.25) is 0 Å². The summed E-state index contributed by atoms with van der Waals surface area (Å²) >= 11 is 0. The van der Waals surface area contributed by atoms with Gasteiger partial charge in [0.1, 0.15) is 0 Å². The highest BCUT2D eigenvalue weighted by Gasteiger charge is 2.44. The van der Waals surface area contributed by atoms with Gasteiger partial charge in [-0.25, -0.2) is 0 Å². The second-order valence-electron chi connectivity index (χ2n) is 3.88. The second-order valence-corrected chi connectivity index (χ2v) is 3.88. The maximum Gasteiger partial charge on any atom is 0.165 e. The predicted molar refractivity (Wildman–Crippen MR) is 48.7 cm³/mol. The van der Waals surface area contributed by atoms with Gasteiger partial charge in [0.05, 0.1) is 5.41 Å². The molecule has 0 aliphatic heterocycles. The Hall–Kier alpha value is -0.850. The third-order valence-electron chi connectivity index (χ3n) is 3.08. The van der Waals surface area contributed by atoms with E-state index in [1.54, 1.807) is 6.08 Å². The van der Waals surface area contributed by atoms with Gasteiger partial charge in [0.25, 0.3) is 0 Å². The minimum absolute atomic E-state index is 0.0861. The molecule has 0 spiro atoms. The smallest absolute Gasteiger partial charge is 0.165 e. The number of carbonyl (C=O) groups excluding carboxylic acids is 1. The first kappa shape index (κ1) is 7.78. The molecule has 2 aliphatic carbocycles. The molecule has 0 N–H and O–H groups in total. The lowest BCUT2D eigenvalue weighted by atomic mass is 9.83. The molecule has 2 aliphatic rings. The van der Waals surface area contributed by atoms with E-state index in [0.717, 1.165) is 12.8 Å². The molecule has 0 aromatic rings. The highest BCUT2D eigenvalue weighted by molar-refractivity contribution is 5.97. The van der Waals surface area contributed by atoms with E-state index in [4.69, 9.17) is 0 Å². The van der Waals surface area contributed by atoms with Crippen molar-refractivity contribution in [1.29, 1.82) is 0 Å². The number of hydrogen-bond donors (Lipinski definition) is 0. The molecule has 0 radical (unpaired) electrons. The molecule has 0 aromatic carbocycles. The zero-order valence-corrected chi connectivity index (χ0v) is 7.42. The van der Waals surface area contributed by atoms with Crippen LogP contribution in [0.3, 0.4) is 0 Å². The largest absolute Gasteiger partial charge is 0.294 e. The summed E-state index contributed by atoms with van der Waals surface area (Å²) in [5, 5.41) is 0. The van der Waals surface area contributed by atoms with Crippen LogP contribution in [0.1, 0.15) is 26.2 Å². The third-order valence-corrected chi connectivity index (χ3v) is 3.08. The number of carbonyl (C=O) groups is 1. The van der Waals surface area contributed by atoms with Crippen molar-refractivity contribution >= 4 is 5.78 Å². The fraction of sp³-hybridized carbons (Fsp3) is 0.545. The topological polar surface area (TPSA) is 17.1 Å². The number of fused-ring (bicyclic) bond motifs is 2. The molecule has 1 saturated carbocycles. The van der Waals surface area contributed by atoms with Crippen LogP contribution in [0, 0.1) is 11.3 Å². The Morgan fingerprint density at radius 3 is 2.92 bits per heavy atom. The van der Waals surface area contributed by atoms with Gasteiger partial charge in [0, 0.05) is 0 Å². The van der Waals surface area contributed by atoms with Crippen LogP contribution < -0.4 is 0 Å². The summed E-state index contributed by atoms with van der Waals surface area (Å²) in [6.45, 7) is 1.90. The maximum atomic E-state index is 11.7. The van der Waals surface area contributed by atoms with Gasteiger partial charge in [0.2, 0.25) is 0 Å². The van der Waals surface area contributed by atoms with Crippen molar-refractivity contribution in [2.45, 2.75) is 26.2 Å². The number of allylic oxidation sites excluding steroid dienone is 4.